The van der Waals surface area contributed by atoms with Crippen LogP contribution in [0, 0.1) is 0 Å². The van der Waals surface area contributed by atoms with Crippen molar-refractivity contribution in [2.75, 3.05) is 4.90 Å². The van der Waals surface area contributed by atoms with Gasteiger partial charge in [0.15, 0.2) is 0 Å². The summed E-state index contributed by atoms with van der Waals surface area (Å²) in [6.45, 7) is 0. The highest BCUT2D eigenvalue weighted by atomic mass is 15.1. The van der Waals surface area contributed by atoms with Crippen molar-refractivity contribution in [1.29, 1.82) is 0 Å². The van der Waals surface area contributed by atoms with Crippen LogP contribution < -0.4 is 4.90 Å². The molecular weight excluding hydrogens is 687 g/mol. The van der Waals surface area contributed by atoms with Gasteiger partial charge in [-0.1, -0.05) is 200 Å². The van der Waals surface area contributed by atoms with Gasteiger partial charge in [0, 0.05) is 16.9 Å². The summed E-state index contributed by atoms with van der Waals surface area (Å²) >= 11 is 0. The van der Waals surface area contributed by atoms with Gasteiger partial charge in [-0.05, 0) is 108 Å². The summed E-state index contributed by atoms with van der Waals surface area (Å²) in [5.41, 5.74) is 15.2. The van der Waals surface area contributed by atoms with Gasteiger partial charge in [-0.2, -0.15) is 0 Å². The Morgan fingerprint density at radius 2 is 0.632 bits per heavy atom. The van der Waals surface area contributed by atoms with E-state index in [9.17, 15) is 0 Å². The molecule has 0 N–H and O–H groups in total. The summed E-state index contributed by atoms with van der Waals surface area (Å²) in [6.07, 6.45) is 0. The molecule has 10 aromatic rings. The first-order valence-electron chi connectivity index (χ1n) is 19.6. The Balaban J connectivity index is 1.12. The molecule has 0 amide bonds. The van der Waals surface area contributed by atoms with Gasteiger partial charge >= 0.3 is 0 Å². The van der Waals surface area contributed by atoms with Crippen LogP contribution in [0.3, 0.4) is 0 Å². The molecule has 0 atom stereocenters. The van der Waals surface area contributed by atoms with Crippen LogP contribution in [-0.2, 0) is 0 Å². The van der Waals surface area contributed by atoms with Crippen LogP contribution in [0.5, 0.6) is 0 Å². The maximum atomic E-state index is 2.42. The molecule has 1 nitrogen and oxygen atoms in total. The first-order valence-corrected chi connectivity index (χ1v) is 19.6. The topological polar surface area (TPSA) is 3.24 Å². The third-order valence-electron chi connectivity index (χ3n) is 11.1. The van der Waals surface area contributed by atoms with Crippen molar-refractivity contribution in [3.8, 4) is 55.6 Å². The molecule has 0 unspecified atom stereocenters. The number of fused-ring (bicyclic) bond motifs is 2. The van der Waals surface area contributed by atoms with E-state index in [1.165, 1.54) is 77.2 Å². The fraction of sp³-hybridized carbons (Fsp3) is 0. The summed E-state index contributed by atoms with van der Waals surface area (Å²) in [6, 6.07) is 85.7. The average molecular weight is 726 g/mol. The van der Waals surface area contributed by atoms with Crippen molar-refractivity contribution in [3.63, 3.8) is 0 Å². The van der Waals surface area contributed by atoms with Gasteiger partial charge in [0.05, 0.1) is 5.69 Å². The van der Waals surface area contributed by atoms with E-state index in [2.05, 4.69) is 241 Å². The van der Waals surface area contributed by atoms with E-state index >= 15 is 0 Å². The van der Waals surface area contributed by atoms with Crippen molar-refractivity contribution < 1.29 is 0 Å². The van der Waals surface area contributed by atoms with Gasteiger partial charge in [0.1, 0.15) is 0 Å². The third kappa shape index (κ3) is 6.66. The Bertz CT molecular complexity index is 2970. The Hall–Kier alpha value is -7.48. The highest BCUT2D eigenvalue weighted by molar-refractivity contribution is 6.00. The molecule has 0 aromatic heterocycles. The van der Waals surface area contributed by atoms with Gasteiger partial charge in [0.25, 0.3) is 0 Å². The molecule has 0 fully saturated rings. The predicted molar refractivity (Wildman–Crippen MR) is 243 cm³/mol. The lowest BCUT2D eigenvalue weighted by atomic mass is 9.93. The smallest absolute Gasteiger partial charge is 0.0546 e. The Labute approximate surface area is 334 Å². The van der Waals surface area contributed by atoms with Crippen molar-refractivity contribution >= 4 is 38.6 Å². The number of benzene rings is 10. The van der Waals surface area contributed by atoms with E-state index in [-0.39, 0.29) is 0 Å². The van der Waals surface area contributed by atoms with Gasteiger partial charge in [-0.15, -0.1) is 0 Å². The first-order chi connectivity index (χ1) is 28.3. The summed E-state index contributed by atoms with van der Waals surface area (Å²) in [7, 11) is 0. The minimum absolute atomic E-state index is 1.09. The average Bonchev–Trinajstić information content (AvgIpc) is 3.30. The zero-order valence-electron chi connectivity index (χ0n) is 31.5. The van der Waals surface area contributed by atoms with Crippen LogP contribution in [0.1, 0.15) is 0 Å². The summed E-state index contributed by atoms with van der Waals surface area (Å²) in [5, 5.41) is 4.99. The second-order valence-electron chi connectivity index (χ2n) is 14.5. The molecule has 1 heteroatoms. The molecule has 10 aromatic carbocycles. The molecule has 0 heterocycles. The molecule has 0 aliphatic carbocycles. The lowest BCUT2D eigenvalue weighted by Crippen LogP contribution is -2.11. The number of hydrogen-bond acceptors (Lipinski definition) is 1. The summed E-state index contributed by atoms with van der Waals surface area (Å²) in [4.78, 5) is 2.42. The van der Waals surface area contributed by atoms with Crippen LogP contribution in [0.4, 0.5) is 17.1 Å². The van der Waals surface area contributed by atoms with Gasteiger partial charge in [-0.25, -0.2) is 0 Å². The van der Waals surface area contributed by atoms with Crippen LogP contribution in [0.25, 0.3) is 77.2 Å². The molecule has 10 rings (SSSR count). The zero-order valence-corrected chi connectivity index (χ0v) is 31.5. The van der Waals surface area contributed by atoms with Crippen molar-refractivity contribution in [2.24, 2.45) is 0 Å². The van der Waals surface area contributed by atoms with E-state index in [0.717, 1.165) is 17.1 Å². The molecule has 0 saturated heterocycles. The quantitative estimate of drug-likeness (QED) is 0.151. The first kappa shape index (κ1) is 34.0. The SMILES string of the molecule is c1ccc(-c2ccc(N(c3ccc(-c4cccc(-c5cccc6ccccc56)c4)cc3)c3cc(-c4cccc5ccccc45)ccc3-c3ccccc3)cc2)cc1. The van der Waals surface area contributed by atoms with E-state index in [4.69, 9.17) is 0 Å². The molecular formula is C56H39N. The fourth-order valence-electron chi connectivity index (χ4n) is 8.23. The van der Waals surface area contributed by atoms with E-state index in [1.807, 2.05) is 0 Å². The van der Waals surface area contributed by atoms with E-state index in [0.29, 0.717) is 0 Å². The number of nitrogens with zero attached hydrogens (tertiary/aromatic N) is 1. The van der Waals surface area contributed by atoms with Crippen molar-refractivity contribution in [1.82, 2.24) is 0 Å². The van der Waals surface area contributed by atoms with Crippen molar-refractivity contribution in [3.05, 3.63) is 237 Å². The Morgan fingerprint density at radius 1 is 0.228 bits per heavy atom. The minimum atomic E-state index is 1.09. The van der Waals surface area contributed by atoms with Gasteiger partial charge in [-0.3, -0.25) is 0 Å². The van der Waals surface area contributed by atoms with E-state index in [1.54, 1.807) is 0 Å². The Morgan fingerprint density at radius 3 is 1.23 bits per heavy atom. The van der Waals surface area contributed by atoms with Crippen LogP contribution in [0.15, 0.2) is 237 Å². The molecule has 0 bridgehead atoms. The predicted octanol–water partition coefficient (Wildman–Crippen LogP) is 15.8. The minimum Gasteiger partial charge on any atom is -0.310 e. The molecule has 0 spiro atoms. The maximum absolute atomic E-state index is 2.42. The molecule has 0 aliphatic rings. The zero-order chi connectivity index (χ0) is 38.0. The molecule has 0 aliphatic heterocycles. The third-order valence-corrected chi connectivity index (χ3v) is 11.1. The normalized spacial score (nSPS) is 11.2. The number of hydrogen-bond donors (Lipinski definition) is 0. The second-order valence-corrected chi connectivity index (χ2v) is 14.5. The molecule has 0 radical (unpaired) electrons. The highest BCUT2D eigenvalue weighted by Gasteiger charge is 2.20. The highest BCUT2D eigenvalue weighted by Crippen LogP contribution is 2.44. The van der Waals surface area contributed by atoms with E-state index < -0.39 is 0 Å². The van der Waals surface area contributed by atoms with Gasteiger partial charge in [0.2, 0.25) is 0 Å². The number of rotatable bonds is 8. The molecule has 57 heavy (non-hydrogen) atoms. The summed E-state index contributed by atoms with van der Waals surface area (Å²) in [5.74, 6) is 0. The molecule has 268 valence electrons. The van der Waals surface area contributed by atoms with Crippen molar-refractivity contribution in [2.45, 2.75) is 0 Å². The Kier molecular flexibility index (Phi) is 8.95. The number of anilines is 3. The largest absolute Gasteiger partial charge is 0.310 e. The lowest BCUT2D eigenvalue weighted by Gasteiger charge is -2.29. The van der Waals surface area contributed by atoms with Crippen LogP contribution >= 0.6 is 0 Å². The van der Waals surface area contributed by atoms with Gasteiger partial charge < -0.3 is 4.90 Å². The second kappa shape index (κ2) is 15.0. The molecule has 0 saturated carbocycles. The fourth-order valence-corrected chi connectivity index (χ4v) is 8.23. The maximum Gasteiger partial charge on any atom is 0.0546 e. The van der Waals surface area contributed by atoms with Crippen LogP contribution in [0.2, 0.25) is 0 Å². The van der Waals surface area contributed by atoms with Crippen LogP contribution in [-0.4, -0.2) is 0 Å². The lowest BCUT2D eigenvalue weighted by molar-refractivity contribution is 1.28. The summed E-state index contributed by atoms with van der Waals surface area (Å²) < 4.78 is 0. The standard InChI is InChI=1S/C56H39N/c1-3-14-40(15-4-1)41-28-33-49(34-29-41)57(50-35-30-42(31-36-50)46-22-11-23-47(38-46)53-26-12-20-43-18-7-9-24-51(43)53)56-39-48(32-37-55(56)45-16-5-2-6-17-45)54-27-13-21-44-19-8-10-25-52(44)54/h1-39H. The monoisotopic (exact) mass is 725 g/mol.